The molecule has 3 nitrogen and oxygen atoms in total. The molecule has 54 heavy (non-hydrogen) atoms. The maximum Gasteiger partial charge on any atom is 0.160 e. The van der Waals surface area contributed by atoms with Gasteiger partial charge in [0, 0.05) is 27.2 Å². The van der Waals surface area contributed by atoms with Gasteiger partial charge < -0.3 is 5.41 Å². The van der Waals surface area contributed by atoms with Crippen LogP contribution >= 0.6 is 11.8 Å². The number of allylic oxidation sites excluding steroid dienone is 1. The molecule has 260 valence electrons. The first-order chi connectivity index (χ1) is 26.7. The molecule has 6 aromatic carbocycles. The van der Waals surface area contributed by atoms with Gasteiger partial charge in [-0.1, -0.05) is 152 Å². The third kappa shape index (κ3) is 5.84. The van der Waals surface area contributed by atoms with E-state index < -0.39 is 5.41 Å². The third-order valence-corrected chi connectivity index (χ3v) is 12.3. The van der Waals surface area contributed by atoms with Gasteiger partial charge in [-0.05, 0) is 87.8 Å². The van der Waals surface area contributed by atoms with Crippen LogP contribution in [0.4, 0.5) is 0 Å². The van der Waals surface area contributed by atoms with E-state index in [4.69, 9.17) is 15.4 Å². The summed E-state index contributed by atoms with van der Waals surface area (Å²) in [6, 6.07) is 56.5. The van der Waals surface area contributed by atoms with Gasteiger partial charge in [-0.2, -0.15) is 0 Å². The van der Waals surface area contributed by atoms with Gasteiger partial charge >= 0.3 is 0 Å². The second-order valence-electron chi connectivity index (χ2n) is 14.0. The molecule has 1 N–H and O–H groups in total. The van der Waals surface area contributed by atoms with Crippen molar-refractivity contribution in [3.05, 3.63) is 204 Å². The van der Waals surface area contributed by atoms with E-state index in [1.165, 1.54) is 55.6 Å². The second kappa shape index (κ2) is 14.4. The first-order valence-electron chi connectivity index (χ1n) is 18.6. The average Bonchev–Trinajstić information content (AvgIpc) is 3.53. The Morgan fingerprint density at radius 2 is 1.28 bits per heavy atom. The Labute approximate surface area is 321 Å². The smallest absolute Gasteiger partial charge is 0.160 e. The van der Waals surface area contributed by atoms with E-state index in [2.05, 4.69) is 158 Å². The fourth-order valence-corrected chi connectivity index (χ4v) is 9.83. The maximum atomic E-state index is 7.58. The molecule has 0 radical (unpaired) electrons. The van der Waals surface area contributed by atoms with Crippen LogP contribution in [0.3, 0.4) is 0 Å². The molecule has 2 atom stereocenters. The van der Waals surface area contributed by atoms with Gasteiger partial charge in [-0.15, -0.1) is 18.3 Å². The third-order valence-electron chi connectivity index (χ3n) is 10.9. The van der Waals surface area contributed by atoms with Crippen molar-refractivity contribution >= 4 is 24.1 Å². The number of fused-ring (bicyclic) bond motifs is 7. The monoisotopic (exact) mass is 713 g/mol. The zero-order chi connectivity index (χ0) is 36.5. The van der Waals surface area contributed by atoms with Crippen LogP contribution < -0.4 is 0 Å². The molecule has 1 aliphatic heterocycles. The summed E-state index contributed by atoms with van der Waals surface area (Å²) in [5.74, 6) is 0.723. The topological polar surface area (TPSA) is 49.6 Å². The Balaban J connectivity index is 1.26. The van der Waals surface area contributed by atoms with Crippen molar-refractivity contribution in [2.75, 3.05) is 0 Å². The molecule has 1 aliphatic carbocycles. The van der Waals surface area contributed by atoms with Crippen LogP contribution in [0, 0.1) is 11.3 Å². The fraction of sp³-hybridized carbons (Fsp3) is 0.100. The van der Waals surface area contributed by atoms with Gasteiger partial charge in [0.15, 0.2) is 5.82 Å². The highest BCUT2D eigenvalue weighted by Gasteiger charge is 2.54. The average molecular weight is 714 g/mol. The first kappa shape index (κ1) is 33.7. The quantitative estimate of drug-likeness (QED) is 0.120. The molecule has 0 saturated heterocycles. The highest BCUT2D eigenvalue weighted by atomic mass is 32.2. The second-order valence-corrected chi connectivity index (χ2v) is 15.2. The van der Waals surface area contributed by atoms with E-state index in [1.54, 1.807) is 0 Å². The SMILES string of the molecule is C=CC1Sc2ccc(-c3cccc(CCC=N)c3)cc2C2(c3ccccc3-c3ccccc32)C1/C=C/c1cc(-c2ccccc2)nc(-c2ccccc2)n1. The number of aryl methyl sites for hydroxylation is 1. The van der Waals surface area contributed by atoms with Crippen molar-refractivity contribution in [2.45, 2.75) is 28.4 Å². The molecule has 0 saturated carbocycles. The lowest BCUT2D eigenvalue weighted by molar-refractivity contribution is 0.454. The summed E-state index contributed by atoms with van der Waals surface area (Å²) in [7, 11) is 0. The van der Waals surface area contributed by atoms with Gasteiger partial charge in [-0.3, -0.25) is 0 Å². The summed E-state index contributed by atoms with van der Waals surface area (Å²) in [5, 5.41) is 7.67. The number of aromatic nitrogens is 2. The molecule has 0 bridgehead atoms. The zero-order valence-electron chi connectivity index (χ0n) is 29.9. The van der Waals surface area contributed by atoms with E-state index in [0.717, 1.165) is 35.4 Å². The lowest BCUT2D eigenvalue weighted by atomic mass is 9.62. The van der Waals surface area contributed by atoms with Crippen LogP contribution in [0.1, 0.15) is 34.4 Å². The van der Waals surface area contributed by atoms with Crippen LogP contribution in [0.2, 0.25) is 0 Å². The van der Waals surface area contributed by atoms with Gasteiger partial charge in [0.25, 0.3) is 0 Å². The van der Waals surface area contributed by atoms with E-state index in [-0.39, 0.29) is 11.2 Å². The van der Waals surface area contributed by atoms with Crippen LogP contribution in [-0.4, -0.2) is 21.4 Å². The Hall–Kier alpha value is -6.10. The van der Waals surface area contributed by atoms with Crippen LogP contribution in [-0.2, 0) is 11.8 Å². The predicted molar refractivity (Wildman–Crippen MR) is 226 cm³/mol. The molecular formula is C50H39N3S. The fourth-order valence-electron chi connectivity index (χ4n) is 8.50. The van der Waals surface area contributed by atoms with Gasteiger partial charge in [-0.25, -0.2) is 9.97 Å². The summed E-state index contributed by atoms with van der Waals surface area (Å²) >= 11 is 1.90. The number of rotatable bonds is 9. The van der Waals surface area contributed by atoms with Gasteiger partial charge in [0.2, 0.25) is 0 Å². The van der Waals surface area contributed by atoms with Crippen LogP contribution in [0.5, 0.6) is 0 Å². The first-order valence-corrected chi connectivity index (χ1v) is 19.4. The molecule has 2 unspecified atom stereocenters. The van der Waals surface area contributed by atoms with E-state index in [9.17, 15) is 0 Å². The summed E-state index contributed by atoms with van der Waals surface area (Å²) in [6.07, 6.45) is 9.85. The van der Waals surface area contributed by atoms with Crippen molar-refractivity contribution in [3.63, 3.8) is 0 Å². The van der Waals surface area contributed by atoms with Crippen molar-refractivity contribution in [2.24, 2.45) is 5.92 Å². The summed E-state index contributed by atoms with van der Waals surface area (Å²) in [5.41, 5.74) is 13.5. The standard InChI is InChI=1S/C50H39N3S/c1-2-47-44(28-27-39-33-46(35-17-5-3-6-18-35)53-49(52-39)36-19-7-4-8-20-36)50(42-24-11-9-22-40(42)41-23-10-12-25-43(41)50)45-32-38(26-29-48(45)54-47)37-21-13-15-34(31-37)16-14-30-51/h2-13,15,17-33,44,47,51H,1,14,16H2/b28-27+,51-30?. The minimum absolute atomic E-state index is 0.0155. The molecule has 9 rings (SSSR count). The van der Waals surface area contributed by atoms with E-state index in [1.807, 2.05) is 36.0 Å². The number of hydrogen-bond donors (Lipinski definition) is 1. The molecule has 1 aromatic heterocycles. The number of thioether (sulfide) groups is 1. The zero-order valence-corrected chi connectivity index (χ0v) is 30.7. The molecule has 2 heterocycles. The van der Waals surface area contributed by atoms with E-state index in [0.29, 0.717) is 5.82 Å². The lowest BCUT2D eigenvalue weighted by Crippen LogP contribution is -2.43. The molecule has 4 heteroatoms. The minimum atomic E-state index is -0.478. The number of benzene rings is 6. The number of nitrogens with zero attached hydrogens (tertiary/aromatic N) is 2. The molecule has 0 fully saturated rings. The van der Waals surface area contributed by atoms with Crippen molar-refractivity contribution in [3.8, 4) is 44.9 Å². The molecule has 7 aromatic rings. The van der Waals surface area contributed by atoms with Gasteiger partial charge in [0.05, 0.1) is 16.8 Å². The van der Waals surface area contributed by atoms with Crippen LogP contribution in [0.25, 0.3) is 51.0 Å². The predicted octanol–water partition coefficient (Wildman–Crippen LogP) is 12.4. The van der Waals surface area contributed by atoms with Crippen molar-refractivity contribution in [1.29, 1.82) is 5.41 Å². The van der Waals surface area contributed by atoms with E-state index >= 15 is 0 Å². The molecule has 0 amide bonds. The summed E-state index contributed by atoms with van der Waals surface area (Å²) < 4.78 is 0. The highest BCUT2D eigenvalue weighted by Crippen LogP contribution is 2.63. The van der Waals surface area contributed by atoms with Crippen molar-refractivity contribution in [1.82, 2.24) is 9.97 Å². The molecule has 2 aliphatic rings. The Kier molecular flexibility index (Phi) is 8.98. The molecule has 1 spiro atoms. The van der Waals surface area contributed by atoms with Gasteiger partial charge in [0.1, 0.15) is 0 Å². The largest absolute Gasteiger partial charge is 0.313 e. The Bertz CT molecular complexity index is 2440. The Morgan fingerprint density at radius 1 is 0.630 bits per heavy atom. The van der Waals surface area contributed by atoms with Crippen molar-refractivity contribution < 1.29 is 0 Å². The summed E-state index contributed by atoms with van der Waals surface area (Å²) in [6.45, 7) is 4.44. The van der Waals surface area contributed by atoms with Crippen LogP contribution in [0.15, 0.2) is 181 Å². The highest BCUT2D eigenvalue weighted by molar-refractivity contribution is 8.00. The molecular weight excluding hydrogens is 675 g/mol. The minimum Gasteiger partial charge on any atom is -0.313 e. The number of nitrogens with one attached hydrogen (secondary N) is 1. The normalized spacial score (nSPS) is 16.4. The summed E-state index contributed by atoms with van der Waals surface area (Å²) in [4.78, 5) is 11.5. The number of hydrogen-bond acceptors (Lipinski definition) is 4. The lowest BCUT2D eigenvalue weighted by Gasteiger charge is -2.47. The Morgan fingerprint density at radius 3 is 1.98 bits per heavy atom. The maximum absolute atomic E-state index is 7.58.